The lowest BCUT2D eigenvalue weighted by Crippen LogP contribution is -2.04. The van der Waals surface area contributed by atoms with Gasteiger partial charge in [-0.3, -0.25) is 19.2 Å². The van der Waals surface area contributed by atoms with Crippen molar-refractivity contribution in [2.75, 3.05) is 49.4 Å². The maximum atomic E-state index is 11.9. The van der Waals surface area contributed by atoms with E-state index in [0.29, 0.717) is 49.1 Å². The van der Waals surface area contributed by atoms with Crippen LogP contribution < -0.4 is 0 Å². The Morgan fingerprint density at radius 1 is 0.528 bits per heavy atom. The van der Waals surface area contributed by atoms with Gasteiger partial charge in [0.1, 0.15) is 0 Å². The zero-order valence-electron chi connectivity index (χ0n) is 21.8. The quantitative estimate of drug-likeness (QED) is 0.101. The van der Waals surface area contributed by atoms with Gasteiger partial charge in [0.25, 0.3) is 0 Å². The third kappa shape index (κ3) is 23.9. The van der Waals surface area contributed by atoms with Crippen molar-refractivity contribution >= 4 is 67.5 Å². The second-order valence-corrected chi connectivity index (χ2v) is 12.6. The average Bonchev–Trinajstić information content (AvgIpc) is 2.84. The van der Waals surface area contributed by atoms with Gasteiger partial charge in [-0.25, -0.2) is 0 Å². The van der Waals surface area contributed by atoms with E-state index in [-0.39, 0.29) is 33.3 Å². The molecular formula is C26H42O6S4. The zero-order valence-corrected chi connectivity index (χ0v) is 25.1. The lowest BCUT2D eigenvalue weighted by molar-refractivity contribution is -0.115. The number of ether oxygens (including phenoxy) is 2. The lowest BCUT2D eigenvalue weighted by atomic mass is 10.3. The van der Waals surface area contributed by atoms with Crippen LogP contribution in [0.25, 0.3) is 0 Å². The predicted octanol–water partition coefficient (Wildman–Crippen LogP) is 6.33. The third-order valence-electron chi connectivity index (χ3n) is 4.54. The molecule has 0 atom stereocenters. The summed E-state index contributed by atoms with van der Waals surface area (Å²) >= 11 is 5.08. The molecule has 0 saturated heterocycles. The number of carbonyl (C=O) groups is 4. The molecule has 0 unspecified atom stereocenters. The average molecular weight is 579 g/mol. The van der Waals surface area contributed by atoms with Crippen LogP contribution in [0.5, 0.6) is 0 Å². The molecule has 0 heterocycles. The lowest BCUT2D eigenvalue weighted by Gasteiger charge is -2.05. The van der Waals surface area contributed by atoms with E-state index in [1.807, 2.05) is 0 Å². The molecule has 0 aromatic carbocycles. The molecule has 0 aliphatic rings. The molecule has 0 rings (SSSR count). The molecule has 0 radical (unpaired) electrons. The number of unbranched alkanes of at least 4 members (excludes halogenated alkanes) is 4. The van der Waals surface area contributed by atoms with Crippen LogP contribution in [0.15, 0.2) is 24.3 Å². The van der Waals surface area contributed by atoms with E-state index >= 15 is 0 Å². The maximum Gasteiger partial charge on any atom is 0.214 e. The van der Waals surface area contributed by atoms with Crippen LogP contribution in [0, 0.1) is 0 Å². The Labute approximate surface area is 234 Å². The van der Waals surface area contributed by atoms with Gasteiger partial charge >= 0.3 is 0 Å². The van der Waals surface area contributed by atoms with Crippen molar-refractivity contribution in [1.82, 2.24) is 0 Å². The van der Waals surface area contributed by atoms with Gasteiger partial charge in [-0.05, 0) is 50.7 Å². The van der Waals surface area contributed by atoms with E-state index in [2.05, 4.69) is 13.2 Å². The highest BCUT2D eigenvalue weighted by molar-refractivity contribution is 8.14. The van der Waals surface area contributed by atoms with Crippen LogP contribution in [0.4, 0.5) is 0 Å². The molecule has 0 saturated carbocycles. The summed E-state index contributed by atoms with van der Waals surface area (Å²) in [6.45, 7) is 13.1. The van der Waals surface area contributed by atoms with Crippen molar-refractivity contribution < 1.29 is 28.7 Å². The van der Waals surface area contributed by atoms with Gasteiger partial charge in [-0.15, -0.1) is 0 Å². The van der Waals surface area contributed by atoms with E-state index in [1.165, 1.54) is 47.0 Å². The number of hydrogen-bond donors (Lipinski definition) is 0. The van der Waals surface area contributed by atoms with Gasteiger partial charge in [-0.1, -0.05) is 73.0 Å². The molecule has 0 bridgehead atoms. The summed E-state index contributed by atoms with van der Waals surface area (Å²) in [7, 11) is 0. The van der Waals surface area contributed by atoms with Gasteiger partial charge in [-0.2, -0.15) is 0 Å². The molecular weight excluding hydrogens is 537 g/mol. The third-order valence-corrected chi connectivity index (χ3v) is 8.54. The van der Waals surface area contributed by atoms with E-state index < -0.39 is 0 Å². The first-order valence-corrected chi connectivity index (χ1v) is 16.3. The fourth-order valence-electron chi connectivity index (χ4n) is 2.52. The summed E-state index contributed by atoms with van der Waals surface area (Å²) in [5.74, 6) is 2.82. The summed E-state index contributed by atoms with van der Waals surface area (Å²) in [4.78, 5) is 46.6. The van der Waals surface area contributed by atoms with Crippen molar-refractivity contribution in [2.24, 2.45) is 0 Å². The van der Waals surface area contributed by atoms with Crippen LogP contribution >= 0.6 is 47.0 Å². The van der Waals surface area contributed by atoms with Crippen LogP contribution in [-0.4, -0.2) is 69.9 Å². The highest BCUT2D eigenvalue weighted by Gasteiger charge is 2.08. The summed E-state index contributed by atoms with van der Waals surface area (Å²) in [6.07, 6.45) is 6.34. The maximum absolute atomic E-state index is 11.9. The minimum atomic E-state index is 0.0119. The van der Waals surface area contributed by atoms with Crippen molar-refractivity contribution in [3.05, 3.63) is 24.3 Å². The van der Waals surface area contributed by atoms with Crippen LogP contribution in [0.3, 0.4) is 0 Å². The molecule has 10 heteroatoms. The van der Waals surface area contributed by atoms with Crippen molar-refractivity contribution in [2.45, 2.75) is 65.2 Å². The minimum Gasteiger partial charge on any atom is -0.381 e. The van der Waals surface area contributed by atoms with E-state index in [4.69, 9.17) is 9.47 Å². The number of carbonyl (C=O) groups excluding carboxylic acids is 4. The molecule has 0 spiro atoms. The summed E-state index contributed by atoms with van der Waals surface area (Å²) in [6, 6.07) is 0. The minimum absolute atomic E-state index is 0.0119. The van der Waals surface area contributed by atoms with Gasteiger partial charge in [0.15, 0.2) is 10.2 Å². The second kappa shape index (κ2) is 24.8. The van der Waals surface area contributed by atoms with Crippen molar-refractivity contribution in [3.8, 4) is 0 Å². The SMILES string of the molecule is C=C(C)C(=O)SCCCCCOCCSC(=O)CCC(=O)SCCCCCOCCSC(=O)C(=C)C. The van der Waals surface area contributed by atoms with E-state index in [1.54, 1.807) is 13.8 Å². The molecule has 6 nitrogen and oxygen atoms in total. The first kappa shape index (κ1) is 35.5. The van der Waals surface area contributed by atoms with Crippen LogP contribution in [0.2, 0.25) is 0 Å². The van der Waals surface area contributed by atoms with Gasteiger partial charge < -0.3 is 9.47 Å². The van der Waals surface area contributed by atoms with Gasteiger partial charge in [0.2, 0.25) is 10.2 Å². The van der Waals surface area contributed by atoms with E-state index in [0.717, 1.165) is 50.0 Å². The summed E-state index contributed by atoms with van der Waals surface area (Å²) in [5, 5.41) is 0.177. The Hall–Kier alpha value is -0.520. The predicted molar refractivity (Wildman–Crippen MR) is 158 cm³/mol. The molecule has 0 aromatic rings. The Bertz CT molecular complexity index is 638. The molecule has 0 fully saturated rings. The molecule has 0 aliphatic heterocycles. The molecule has 0 aliphatic carbocycles. The number of rotatable bonds is 23. The standard InChI is InChI=1S/C26H42O6S4/c1-21(2)25(29)35-18-10-6-8-13-31-15-19-34-24(28)12-11-23(27)33-17-9-5-7-14-32-16-20-36-26(30)22(3)4/h1,3,5-20H2,2,4H3. The van der Waals surface area contributed by atoms with Crippen molar-refractivity contribution in [3.63, 3.8) is 0 Å². The Morgan fingerprint density at radius 2 is 0.917 bits per heavy atom. The van der Waals surface area contributed by atoms with E-state index in [9.17, 15) is 19.2 Å². The Kier molecular flexibility index (Phi) is 24.4. The monoisotopic (exact) mass is 578 g/mol. The first-order chi connectivity index (χ1) is 17.2. The normalized spacial score (nSPS) is 10.8. The smallest absolute Gasteiger partial charge is 0.214 e. The van der Waals surface area contributed by atoms with Crippen molar-refractivity contribution in [1.29, 1.82) is 0 Å². The van der Waals surface area contributed by atoms with Gasteiger partial charge in [0, 0.05) is 49.1 Å². The van der Waals surface area contributed by atoms with Crippen LogP contribution in [0.1, 0.15) is 65.2 Å². The highest BCUT2D eigenvalue weighted by Crippen LogP contribution is 2.15. The number of thioether (sulfide) groups is 4. The highest BCUT2D eigenvalue weighted by atomic mass is 32.2. The summed E-state index contributed by atoms with van der Waals surface area (Å²) < 4.78 is 11.1. The van der Waals surface area contributed by atoms with Gasteiger partial charge in [0.05, 0.1) is 13.2 Å². The van der Waals surface area contributed by atoms with Crippen LogP contribution in [-0.2, 0) is 28.7 Å². The Morgan fingerprint density at radius 3 is 1.39 bits per heavy atom. The second-order valence-electron chi connectivity index (χ2n) is 8.12. The molecule has 0 N–H and O–H groups in total. The molecule has 206 valence electrons. The fraction of sp³-hybridized carbons (Fsp3) is 0.692. The Balaban J connectivity index is 3.41. The molecule has 36 heavy (non-hydrogen) atoms. The molecule has 0 amide bonds. The number of hydrogen-bond acceptors (Lipinski definition) is 10. The molecule has 0 aromatic heterocycles. The zero-order chi connectivity index (χ0) is 27.0. The largest absolute Gasteiger partial charge is 0.381 e. The fourth-order valence-corrected chi connectivity index (χ4v) is 5.43. The first-order valence-electron chi connectivity index (χ1n) is 12.4. The topological polar surface area (TPSA) is 86.7 Å². The summed E-state index contributed by atoms with van der Waals surface area (Å²) in [5.41, 5.74) is 1.15.